The van der Waals surface area contributed by atoms with Crippen LogP contribution in [0.1, 0.15) is 36.0 Å². The summed E-state index contributed by atoms with van der Waals surface area (Å²) in [6, 6.07) is 5.88. The number of carbonyl (C=O) groups excluding carboxylic acids is 1. The Balaban J connectivity index is 2.04. The fourth-order valence-corrected chi connectivity index (χ4v) is 3.90. The van der Waals surface area contributed by atoms with Crippen molar-refractivity contribution in [2.75, 3.05) is 26.8 Å². The average Bonchev–Trinajstić information content (AvgIpc) is 3.04. The first kappa shape index (κ1) is 18.9. The molecule has 1 aromatic carbocycles. The van der Waals surface area contributed by atoms with Crippen LogP contribution in [-0.2, 0) is 14.8 Å². The van der Waals surface area contributed by atoms with Crippen LogP contribution in [0.2, 0.25) is 0 Å². The molecule has 2 rings (SSSR count). The summed E-state index contributed by atoms with van der Waals surface area (Å²) in [5.74, 6) is -0.223. The van der Waals surface area contributed by atoms with Crippen LogP contribution in [0.3, 0.4) is 0 Å². The molecule has 1 aromatic rings. The first-order chi connectivity index (χ1) is 11.4. The van der Waals surface area contributed by atoms with Gasteiger partial charge in [-0.05, 0) is 37.1 Å². The molecule has 1 aliphatic rings. The standard InChI is InChI=1S/C16H25N3O4S/c1-23-11-10-18-24(21,22)14-6-4-13(5-7-14)15(20)19-16(12-17)8-2-3-9-16/h4-7,18H,2-3,8-12,17H2,1H3,(H,19,20). The highest BCUT2D eigenvalue weighted by atomic mass is 32.2. The van der Waals surface area contributed by atoms with Gasteiger partial charge in [0.1, 0.15) is 0 Å². The summed E-state index contributed by atoms with van der Waals surface area (Å²) in [5, 5.41) is 3.01. The molecule has 0 aliphatic heterocycles. The number of methoxy groups -OCH3 is 1. The van der Waals surface area contributed by atoms with Crippen LogP contribution in [0, 0.1) is 0 Å². The van der Waals surface area contributed by atoms with Gasteiger partial charge in [-0.1, -0.05) is 12.8 Å². The Morgan fingerprint density at radius 2 is 1.88 bits per heavy atom. The lowest BCUT2D eigenvalue weighted by Crippen LogP contribution is -2.51. The number of hydrogen-bond donors (Lipinski definition) is 3. The van der Waals surface area contributed by atoms with E-state index in [9.17, 15) is 13.2 Å². The molecule has 0 unspecified atom stereocenters. The minimum absolute atomic E-state index is 0.115. The van der Waals surface area contributed by atoms with E-state index in [-0.39, 0.29) is 22.9 Å². The second-order valence-electron chi connectivity index (χ2n) is 6.06. The molecular weight excluding hydrogens is 330 g/mol. The number of benzene rings is 1. The SMILES string of the molecule is COCCNS(=O)(=O)c1ccc(C(=O)NC2(CN)CCCC2)cc1. The Bertz CT molecular complexity index is 652. The molecule has 0 bridgehead atoms. The first-order valence-electron chi connectivity index (χ1n) is 8.04. The normalized spacial score (nSPS) is 16.9. The van der Waals surface area contributed by atoms with Crippen LogP contribution in [0.25, 0.3) is 0 Å². The van der Waals surface area contributed by atoms with Crippen LogP contribution < -0.4 is 15.8 Å². The van der Waals surface area contributed by atoms with E-state index >= 15 is 0 Å². The highest BCUT2D eigenvalue weighted by Crippen LogP contribution is 2.29. The fourth-order valence-electron chi connectivity index (χ4n) is 2.89. The molecule has 0 heterocycles. The van der Waals surface area contributed by atoms with Crippen molar-refractivity contribution in [1.29, 1.82) is 0 Å². The van der Waals surface area contributed by atoms with E-state index in [1.165, 1.54) is 31.4 Å². The Morgan fingerprint density at radius 1 is 1.25 bits per heavy atom. The van der Waals surface area contributed by atoms with Gasteiger partial charge in [-0.15, -0.1) is 0 Å². The van der Waals surface area contributed by atoms with Gasteiger partial charge in [-0.3, -0.25) is 4.79 Å². The van der Waals surface area contributed by atoms with E-state index in [1.54, 1.807) is 0 Å². The topological polar surface area (TPSA) is 111 Å². The lowest BCUT2D eigenvalue weighted by molar-refractivity contribution is 0.0903. The molecular formula is C16H25N3O4S. The van der Waals surface area contributed by atoms with Gasteiger partial charge in [0, 0.05) is 25.8 Å². The zero-order valence-electron chi connectivity index (χ0n) is 13.9. The molecule has 134 valence electrons. The second-order valence-corrected chi connectivity index (χ2v) is 7.83. The number of amides is 1. The molecule has 1 saturated carbocycles. The average molecular weight is 355 g/mol. The first-order valence-corrected chi connectivity index (χ1v) is 9.52. The molecule has 1 fully saturated rings. The number of nitrogens with one attached hydrogen (secondary N) is 2. The predicted molar refractivity (Wildman–Crippen MR) is 91.2 cm³/mol. The van der Waals surface area contributed by atoms with Crippen LogP contribution >= 0.6 is 0 Å². The van der Waals surface area contributed by atoms with E-state index in [4.69, 9.17) is 10.5 Å². The minimum atomic E-state index is -3.60. The zero-order chi connectivity index (χ0) is 17.6. The summed E-state index contributed by atoms with van der Waals surface area (Å²) in [6.45, 7) is 0.898. The van der Waals surface area contributed by atoms with E-state index in [2.05, 4.69) is 10.0 Å². The van der Waals surface area contributed by atoms with Crippen molar-refractivity contribution >= 4 is 15.9 Å². The van der Waals surface area contributed by atoms with Crippen molar-refractivity contribution in [2.24, 2.45) is 5.73 Å². The van der Waals surface area contributed by atoms with Gasteiger partial charge in [0.15, 0.2) is 0 Å². The van der Waals surface area contributed by atoms with E-state index in [1.807, 2.05) is 0 Å². The van der Waals surface area contributed by atoms with Gasteiger partial charge >= 0.3 is 0 Å². The van der Waals surface area contributed by atoms with Crippen molar-refractivity contribution in [3.8, 4) is 0 Å². The maximum absolute atomic E-state index is 12.4. The molecule has 0 atom stereocenters. The quantitative estimate of drug-likeness (QED) is 0.592. The maximum Gasteiger partial charge on any atom is 0.251 e. The third-order valence-corrected chi connectivity index (χ3v) is 5.83. The van der Waals surface area contributed by atoms with E-state index in [0.717, 1.165) is 25.7 Å². The highest BCUT2D eigenvalue weighted by molar-refractivity contribution is 7.89. The van der Waals surface area contributed by atoms with Crippen LogP contribution in [0.4, 0.5) is 0 Å². The number of nitrogens with two attached hydrogens (primary N) is 1. The second kappa shape index (κ2) is 8.06. The van der Waals surface area contributed by atoms with E-state index < -0.39 is 10.0 Å². The lowest BCUT2D eigenvalue weighted by atomic mass is 9.97. The third kappa shape index (κ3) is 4.54. The Hall–Kier alpha value is -1.48. The van der Waals surface area contributed by atoms with E-state index in [0.29, 0.717) is 18.7 Å². The summed E-state index contributed by atoms with van der Waals surface area (Å²) >= 11 is 0. The van der Waals surface area contributed by atoms with Crippen molar-refractivity contribution < 1.29 is 17.9 Å². The maximum atomic E-state index is 12.4. The van der Waals surface area contributed by atoms with Crippen LogP contribution in [0.5, 0.6) is 0 Å². The summed E-state index contributed by atoms with van der Waals surface area (Å²) in [6.07, 6.45) is 3.87. The van der Waals surface area contributed by atoms with Crippen molar-refractivity contribution in [3.63, 3.8) is 0 Å². The third-order valence-electron chi connectivity index (χ3n) is 4.36. The molecule has 1 amide bonds. The smallest absolute Gasteiger partial charge is 0.251 e. The summed E-state index contributed by atoms with van der Waals surface area (Å²) in [7, 11) is -2.10. The lowest BCUT2D eigenvalue weighted by Gasteiger charge is -2.28. The number of carbonyl (C=O) groups is 1. The van der Waals surface area contributed by atoms with Gasteiger partial charge in [-0.2, -0.15) is 0 Å². The van der Waals surface area contributed by atoms with Crippen molar-refractivity contribution in [2.45, 2.75) is 36.1 Å². The largest absolute Gasteiger partial charge is 0.383 e. The summed E-state index contributed by atoms with van der Waals surface area (Å²) < 4.78 is 31.4. The molecule has 4 N–H and O–H groups in total. The van der Waals surface area contributed by atoms with Gasteiger partial charge in [-0.25, -0.2) is 13.1 Å². The van der Waals surface area contributed by atoms with Gasteiger partial charge < -0.3 is 15.8 Å². The highest BCUT2D eigenvalue weighted by Gasteiger charge is 2.34. The number of sulfonamides is 1. The Labute approximate surface area is 143 Å². The summed E-state index contributed by atoms with van der Waals surface area (Å²) in [5.41, 5.74) is 5.91. The zero-order valence-corrected chi connectivity index (χ0v) is 14.7. The molecule has 24 heavy (non-hydrogen) atoms. The number of ether oxygens (including phenoxy) is 1. The van der Waals surface area contributed by atoms with Gasteiger partial charge in [0.05, 0.1) is 17.0 Å². The monoisotopic (exact) mass is 355 g/mol. The van der Waals surface area contributed by atoms with Gasteiger partial charge in [0.25, 0.3) is 5.91 Å². The molecule has 0 spiro atoms. The molecule has 8 heteroatoms. The molecule has 0 aromatic heterocycles. The molecule has 7 nitrogen and oxygen atoms in total. The van der Waals surface area contributed by atoms with Crippen LogP contribution in [0.15, 0.2) is 29.2 Å². The van der Waals surface area contributed by atoms with Crippen molar-refractivity contribution in [1.82, 2.24) is 10.0 Å². The number of rotatable bonds is 8. The predicted octanol–water partition coefficient (Wildman–Crippen LogP) is 0.613. The molecule has 0 radical (unpaired) electrons. The molecule has 1 aliphatic carbocycles. The minimum Gasteiger partial charge on any atom is -0.383 e. The van der Waals surface area contributed by atoms with Gasteiger partial charge in [0.2, 0.25) is 10.0 Å². The fraction of sp³-hybridized carbons (Fsp3) is 0.562. The van der Waals surface area contributed by atoms with Crippen LogP contribution in [-0.4, -0.2) is 46.7 Å². The summed E-state index contributed by atoms with van der Waals surface area (Å²) in [4.78, 5) is 12.5. The molecule has 0 saturated heterocycles. The Morgan fingerprint density at radius 3 is 2.42 bits per heavy atom. The van der Waals surface area contributed by atoms with Crippen molar-refractivity contribution in [3.05, 3.63) is 29.8 Å². The Kier molecular flexibility index (Phi) is 6.34. The number of hydrogen-bond acceptors (Lipinski definition) is 5.